The number of amides is 1. The second-order valence-electron chi connectivity index (χ2n) is 4.60. The van der Waals surface area contributed by atoms with Gasteiger partial charge in [-0.25, -0.2) is 4.79 Å². The number of amidine groups is 1. The molecule has 1 atom stereocenters. The van der Waals surface area contributed by atoms with Gasteiger partial charge < -0.3 is 5.11 Å². The first kappa shape index (κ1) is 12.2. The SMILES string of the molecule is O=C(O)C1=CS[C@@H]2C(=CC3=C[N+]4CSCC4=N3)C(=O)N12. The Balaban J connectivity index is 1.57. The van der Waals surface area contributed by atoms with Crippen molar-refractivity contribution in [3.05, 3.63) is 34.7 Å². The van der Waals surface area contributed by atoms with Crippen LogP contribution in [-0.4, -0.2) is 44.7 Å². The zero-order valence-corrected chi connectivity index (χ0v) is 11.8. The van der Waals surface area contributed by atoms with Crippen LogP contribution in [0.2, 0.25) is 0 Å². The molecule has 4 heterocycles. The van der Waals surface area contributed by atoms with Gasteiger partial charge in [0, 0.05) is 5.41 Å². The molecule has 2 fully saturated rings. The van der Waals surface area contributed by atoms with Gasteiger partial charge in [-0.3, -0.25) is 9.69 Å². The Morgan fingerprint density at radius 3 is 3.20 bits per heavy atom. The number of fused-ring (bicyclic) bond motifs is 2. The third-order valence-corrected chi connectivity index (χ3v) is 5.40. The fraction of sp³-hybridized carbons (Fsp3) is 0.250. The van der Waals surface area contributed by atoms with Gasteiger partial charge in [0.1, 0.15) is 16.8 Å². The fourth-order valence-electron chi connectivity index (χ4n) is 2.43. The highest BCUT2D eigenvalue weighted by molar-refractivity contribution is 8.03. The average molecular weight is 307 g/mol. The lowest BCUT2D eigenvalue weighted by Gasteiger charge is -2.36. The lowest BCUT2D eigenvalue weighted by atomic mass is 10.0. The van der Waals surface area contributed by atoms with E-state index in [2.05, 4.69) is 9.89 Å². The van der Waals surface area contributed by atoms with Crippen LogP contribution in [0.15, 0.2) is 39.6 Å². The molecule has 1 amide bonds. The van der Waals surface area contributed by atoms with Crippen LogP contribution in [-0.2, 0) is 9.59 Å². The van der Waals surface area contributed by atoms with Gasteiger partial charge >= 0.3 is 5.97 Å². The van der Waals surface area contributed by atoms with Crippen LogP contribution in [0.25, 0.3) is 0 Å². The van der Waals surface area contributed by atoms with Crippen molar-refractivity contribution in [2.75, 3.05) is 11.6 Å². The number of carboxylic acids is 1. The summed E-state index contributed by atoms with van der Waals surface area (Å²) in [6, 6.07) is 0. The van der Waals surface area contributed by atoms with E-state index >= 15 is 0 Å². The highest BCUT2D eigenvalue weighted by Gasteiger charge is 2.50. The Morgan fingerprint density at radius 2 is 2.45 bits per heavy atom. The Bertz CT molecular complexity index is 665. The van der Waals surface area contributed by atoms with Gasteiger partial charge in [-0.2, -0.15) is 4.99 Å². The van der Waals surface area contributed by atoms with Crippen LogP contribution < -0.4 is 4.90 Å². The van der Waals surface area contributed by atoms with E-state index in [1.54, 1.807) is 17.8 Å². The van der Waals surface area contributed by atoms with Gasteiger partial charge in [0.15, 0.2) is 12.1 Å². The summed E-state index contributed by atoms with van der Waals surface area (Å²) in [6.07, 6.45) is 3.70. The standard InChI is InChI=1S/C12H9N3O3S2/c16-10-7(11-15(10)8(3-20-11)12(17)18)1-6-2-14-5-19-4-9(14)13-6/h1-3,11H,4-5H2,(H,17,18)/q+1/t11-/m1/s1. The molecule has 0 saturated carbocycles. The van der Waals surface area contributed by atoms with Crippen LogP contribution in [0.3, 0.4) is 0 Å². The van der Waals surface area contributed by atoms with Crippen molar-refractivity contribution in [1.82, 2.24) is 9.80 Å². The topological polar surface area (TPSA) is 75.9 Å². The second kappa shape index (κ2) is 4.24. The van der Waals surface area contributed by atoms with Crippen LogP contribution in [0.5, 0.6) is 0 Å². The van der Waals surface area contributed by atoms with Crippen molar-refractivity contribution in [3.8, 4) is 0 Å². The summed E-state index contributed by atoms with van der Waals surface area (Å²) in [5.41, 5.74) is 1.45. The maximum Gasteiger partial charge on any atom is 0.353 e. The number of carbonyl (C=O) groups is 2. The lowest BCUT2D eigenvalue weighted by Crippen LogP contribution is -2.51. The van der Waals surface area contributed by atoms with Crippen molar-refractivity contribution in [1.29, 1.82) is 0 Å². The lowest BCUT2D eigenvalue weighted by molar-refractivity contribution is -0.141. The third-order valence-electron chi connectivity index (χ3n) is 3.40. The summed E-state index contributed by atoms with van der Waals surface area (Å²) < 4.78 is 0. The molecular formula is C12H9N3O3S2+. The van der Waals surface area contributed by atoms with Crippen molar-refractivity contribution < 1.29 is 14.7 Å². The third kappa shape index (κ3) is 1.62. The van der Waals surface area contributed by atoms with Crippen molar-refractivity contribution in [2.45, 2.75) is 5.37 Å². The Morgan fingerprint density at radius 1 is 1.60 bits per heavy atom. The largest absolute Gasteiger partial charge is 0.477 e. The average Bonchev–Trinajstić information content (AvgIpc) is 3.07. The number of allylic oxidation sites excluding steroid dienone is 1. The van der Waals surface area contributed by atoms with E-state index in [9.17, 15) is 9.59 Å². The molecule has 0 unspecified atom stereocenters. The molecule has 1 radical (unpaired) electrons. The predicted molar refractivity (Wildman–Crippen MR) is 77.0 cm³/mol. The Labute approximate surface area is 122 Å². The van der Waals surface area contributed by atoms with E-state index in [1.807, 2.05) is 6.20 Å². The Hall–Kier alpha value is -1.51. The van der Waals surface area contributed by atoms with E-state index in [4.69, 9.17) is 5.11 Å². The Kier molecular flexibility index (Phi) is 2.60. The van der Waals surface area contributed by atoms with Crippen LogP contribution in [0.1, 0.15) is 0 Å². The molecule has 1 N–H and O–H groups in total. The van der Waals surface area contributed by atoms with Crippen LogP contribution >= 0.6 is 23.5 Å². The highest BCUT2D eigenvalue weighted by Crippen LogP contribution is 2.45. The minimum Gasteiger partial charge on any atom is -0.477 e. The normalized spacial score (nSPS) is 29.9. The first-order chi connectivity index (χ1) is 9.65. The van der Waals surface area contributed by atoms with Gasteiger partial charge in [-0.05, 0) is 6.08 Å². The predicted octanol–water partition coefficient (Wildman–Crippen LogP) is 0.852. The number of carbonyl (C=O) groups excluding carboxylic acids is 1. The van der Waals surface area contributed by atoms with E-state index in [1.165, 1.54) is 22.1 Å². The number of carboxylic acid groups (broad SMARTS) is 1. The number of rotatable bonds is 2. The monoisotopic (exact) mass is 307 g/mol. The van der Waals surface area contributed by atoms with Crippen molar-refractivity contribution in [3.63, 3.8) is 0 Å². The first-order valence-electron chi connectivity index (χ1n) is 5.93. The van der Waals surface area contributed by atoms with Gasteiger partial charge in [-0.1, -0.05) is 16.7 Å². The minimum absolute atomic E-state index is 0.0610. The van der Waals surface area contributed by atoms with E-state index in [-0.39, 0.29) is 17.0 Å². The first-order valence-corrected chi connectivity index (χ1v) is 8.03. The van der Waals surface area contributed by atoms with Gasteiger partial charge in [-0.15, -0.1) is 11.8 Å². The molecule has 0 aromatic carbocycles. The molecular weight excluding hydrogens is 298 g/mol. The smallest absolute Gasteiger partial charge is 0.353 e. The molecule has 0 aromatic rings. The molecule has 101 valence electrons. The number of aliphatic imine (C=N–C) groups is 1. The highest BCUT2D eigenvalue weighted by atomic mass is 32.2. The number of hydrogen-bond acceptors (Lipinski definition) is 6. The van der Waals surface area contributed by atoms with Gasteiger partial charge in [0.2, 0.25) is 0 Å². The second-order valence-corrected chi connectivity index (χ2v) is 6.51. The summed E-state index contributed by atoms with van der Waals surface area (Å²) in [4.78, 5) is 30.9. The molecule has 4 aliphatic heterocycles. The molecule has 20 heavy (non-hydrogen) atoms. The molecule has 0 aliphatic carbocycles. The van der Waals surface area contributed by atoms with Crippen LogP contribution in [0, 0.1) is 0 Å². The molecule has 4 rings (SSSR count). The number of nitrogens with zero attached hydrogens (tertiary/aromatic N) is 3. The summed E-state index contributed by atoms with van der Waals surface area (Å²) in [5, 5.41) is 10.3. The summed E-state index contributed by atoms with van der Waals surface area (Å²) in [7, 11) is 0. The van der Waals surface area contributed by atoms with E-state index in [0.29, 0.717) is 5.57 Å². The zero-order chi connectivity index (χ0) is 13.9. The van der Waals surface area contributed by atoms with Gasteiger partial charge in [0.05, 0.1) is 11.3 Å². The van der Waals surface area contributed by atoms with Crippen molar-refractivity contribution >= 4 is 41.2 Å². The maximum absolute atomic E-state index is 12.0. The molecule has 8 heteroatoms. The molecule has 4 aliphatic rings. The summed E-state index contributed by atoms with van der Waals surface area (Å²) in [6.45, 7) is 0. The number of aliphatic carboxylic acids is 1. The molecule has 0 aromatic heterocycles. The molecule has 0 bridgehead atoms. The number of thioether (sulfide) groups is 2. The number of β-lactam (4-membered cyclic amide) rings is 1. The maximum atomic E-state index is 12.0. The minimum atomic E-state index is -1.06. The van der Waals surface area contributed by atoms with Crippen LogP contribution in [0.4, 0.5) is 0 Å². The summed E-state index contributed by atoms with van der Waals surface area (Å²) >= 11 is 3.15. The molecule has 6 nitrogen and oxygen atoms in total. The molecule has 0 spiro atoms. The van der Waals surface area contributed by atoms with E-state index < -0.39 is 5.97 Å². The summed E-state index contributed by atoms with van der Waals surface area (Å²) in [5.74, 6) is 1.51. The van der Waals surface area contributed by atoms with Gasteiger partial charge in [0.25, 0.3) is 11.7 Å². The zero-order valence-electron chi connectivity index (χ0n) is 10.1. The molecule has 2 saturated heterocycles. The fourth-order valence-corrected chi connectivity index (χ4v) is 4.48. The quantitative estimate of drug-likeness (QED) is 0.465. The van der Waals surface area contributed by atoms with E-state index in [0.717, 1.165) is 23.2 Å². The van der Waals surface area contributed by atoms with Crippen molar-refractivity contribution in [2.24, 2.45) is 4.99 Å². The number of hydrogen-bond donors (Lipinski definition) is 1.